The Kier molecular flexibility index (Phi) is 2.21. The molecule has 2 aromatic rings. The summed E-state index contributed by atoms with van der Waals surface area (Å²) in [6.45, 7) is 0. The van der Waals surface area contributed by atoms with Gasteiger partial charge >= 0.3 is 0 Å². The minimum Gasteiger partial charge on any atom is -0.292 e. The van der Waals surface area contributed by atoms with E-state index >= 15 is 0 Å². The zero-order chi connectivity index (χ0) is 11.0. The summed E-state index contributed by atoms with van der Waals surface area (Å²) >= 11 is 0. The molecule has 1 aromatic carbocycles. The number of aromatic nitrogens is 1. The van der Waals surface area contributed by atoms with Crippen molar-refractivity contribution in [2.45, 2.75) is 19.3 Å². The predicted molar refractivity (Wildman–Crippen MR) is 63.4 cm³/mol. The van der Waals surface area contributed by atoms with Crippen LogP contribution in [-0.2, 0) is 0 Å². The summed E-state index contributed by atoms with van der Waals surface area (Å²) in [6.07, 6.45) is 4.80. The third-order valence-corrected chi connectivity index (χ3v) is 3.11. The molecule has 1 aliphatic carbocycles. The third kappa shape index (κ3) is 1.71. The summed E-state index contributed by atoms with van der Waals surface area (Å²) in [5.41, 5.74) is 0.644. The molecule has 16 heavy (non-hydrogen) atoms. The Balaban J connectivity index is 2.04. The first kappa shape index (κ1) is 9.52. The zero-order valence-electron chi connectivity index (χ0n) is 9.02. The lowest BCUT2D eigenvalue weighted by molar-refractivity contribution is 0.0973. The van der Waals surface area contributed by atoms with Crippen LogP contribution < -0.4 is 0 Å². The molecule has 1 saturated carbocycles. The molecule has 1 fully saturated rings. The van der Waals surface area contributed by atoms with Crippen LogP contribution in [0.3, 0.4) is 0 Å². The number of pyridine rings is 1. The quantitative estimate of drug-likeness (QED) is 0.729. The zero-order valence-corrected chi connectivity index (χ0v) is 9.02. The molecule has 0 amide bonds. The molecule has 0 unspecified atom stereocenters. The fourth-order valence-electron chi connectivity index (χ4n) is 2.02. The monoisotopic (exact) mass is 211 g/mol. The van der Waals surface area contributed by atoms with E-state index in [0.29, 0.717) is 18.0 Å². The van der Waals surface area contributed by atoms with Crippen molar-refractivity contribution in [1.82, 2.24) is 4.98 Å². The Morgan fingerprint density at radius 2 is 2.06 bits per heavy atom. The molecule has 2 heteroatoms. The average Bonchev–Trinajstić information content (AvgIpc) is 3.12. The normalized spacial score (nSPS) is 15.2. The summed E-state index contributed by atoms with van der Waals surface area (Å²) in [5, 5.41) is 2.08. The molecule has 1 heterocycles. The minimum atomic E-state index is 0.194. The molecule has 0 bridgehead atoms. The molecule has 0 atom stereocenters. The van der Waals surface area contributed by atoms with Crippen molar-refractivity contribution < 1.29 is 4.79 Å². The molecular weight excluding hydrogens is 198 g/mol. The summed E-state index contributed by atoms with van der Waals surface area (Å²) in [7, 11) is 0. The number of ketones is 1. The number of hydrogen-bond acceptors (Lipinski definition) is 2. The number of nitrogens with zero attached hydrogens (tertiary/aromatic N) is 1. The van der Waals surface area contributed by atoms with Crippen LogP contribution in [0.5, 0.6) is 0 Å². The smallest absolute Gasteiger partial charge is 0.182 e. The van der Waals surface area contributed by atoms with Crippen molar-refractivity contribution in [3.05, 3.63) is 42.2 Å². The van der Waals surface area contributed by atoms with Gasteiger partial charge < -0.3 is 0 Å². The summed E-state index contributed by atoms with van der Waals surface area (Å²) in [6, 6.07) is 9.88. The maximum atomic E-state index is 12.0. The van der Waals surface area contributed by atoms with Gasteiger partial charge in [-0.15, -0.1) is 0 Å². The van der Waals surface area contributed by atoms with E-state index in [1.807, 2.05) is 30.3 Å². The molecular formula is C14H13NO. The minimum absolute atomic E-state index is 0.194. The van der Waals surface area contributed by atoms with Crippen molar-refractivity contribution in [1.29, 1.82) is 0 Å². The fourth-order valence-corrected chi connectivity index (χ4v) is 2.02. The van der Waals surface area contributed by atoms with E-state index in [1.165, 1.54) is 12.8 Å². The number of carbonyl (C=O) groups excluding carboxylic acids is 1. The number of carbonyl (C=O) groups is 1. The second-order valence-electron chi connectivity index (χ2n) is 4.45. The fraction of sp³-hybridized carbons (Fsp3) is 0.286. The summed E-state index contributed by atoms with van der Waals surface area (Å²) in [4.78, 5) is 16.3. The highest BCUT2D eigenvalue weighted by molar-refractivity contribution is 6.06. The number of benzene rings is 1. The van der Waals surface area contributed by atoms with Crippen molar-refractivity contribution in [3.8, 4) is 0 Å². The molecule has 0 saturated heterocycles. The standard InChI is InChI=1S/C14H13NO/c16-13(9-10-5-6-10)14-12-4-2-1-3-11(12)7-8-15-14/h1-4,7-8,10H,5-6,9H2. The van der Waals surface area contributed by atoms with E-state index in [1.54, 1.807) is 6.20 Å². The van der Waals surface area contributed by atoms with Crippen LogP contribution >= 0.6 is 0 Å². The lowest BCUT2D eigenvalue weighted by Gasteiger charge is -2.03. The Labute approximate surface area is 94.3 Å². The van der Waals surface area contributed by atoms with Gasteiger partial charge in [0, 0.05) is 18.0 Å². The molecule has 0 N–H and O–H groups in total. The highest BCUT2D eigenvalue weighted by Crippen LogP contribution is 2.34. The van der Waals surface area contributed by atoms with Crippen LogP contribution in [0.4, 0.5) is 0 Å². The van der Waals surface area contributed by atoms with Crippen LogP contribution in [0.2, 0.25) is 0 Å². The van der Waals surface area contributed by atoms with Gasteiger partial charge in [-0.05, 0) is 30.2 Å². The third-order valence-electron chi connectivity index (χ3n) is 3.11. The van der Waals surface area contributed by atoms with Gasteiger partial charge in [-0.2, -0.15) is 0 Å². The average molecular weight is 211 g/mol. The number of rotatable bonds is 3. The molecule has 1 aromatic heterocycles. The number of fused-ring (bicyclic) bond motifs is 1. The SMILES string of the molecule is O=C(CC1CC1)c1nccc2ccccc12. The molecule has 0 aliphatic heterocycles. The van der Waals surface area contributed by atoms with E-state index in [-0.39, 0.29) is 5.78 Å². The van der Waals surface area contributed by atoms with Crippen molar-refractivity contribution in [2.75, 3.05) is 0 Å². The van der Waals surface area contributed by atoms with Gasteiger partial charge in [0.15, 0.2) is 5.78 Å². The Morgan fingerprint density at radius 3 is 2.88 bits per heavy atom. The Bertz CT molecular complexity index is 538. The van der Waals surface area contributed by atoms with E-state index in [0.717, 1.165) is 10.8 Å². The lowest BCUT2D eigenvalue weighted by atomic mass is 10.0. The van der Waals surface area contributed by atoms with Gasteiger partial charge in [-0.3, -0.25) is 9.78 Å². The van der Waals surface area contributed by atoms with Crippen LogP contribution in [-0.4, -0.2) is 10.8 Å². The van der Waals surface area contributed by atoms with E-state index in [9.17, 15) is 4.79 Å². The van der Waals surface area contributed by atoms with Crippen LogP contribution in [0.1, 0.15) is 29.8 Å². The molecule has 3 rings (SSSR count). The predicted octanol–water partition coefficient (Wildman–Crippen LogP) is 3.22. The highest BCUT2D eigenvalue weighted by Gasteiger charge is 2.26. The molecule has 80 valence electrons. The molecule has 1 aliphatic rings. The molecule has 0 spiro atoms. The van der Waals surface area contributed by atoms with Gasteiger partial charge in [0.25, 0.3) is 0 Å². The first-order chi connectivity index (χ1) is 7.84. The number of hydrogen-bond donors (Lipinski definition) is 0. The van der Waals surface area contributed by atoms with Crippen LogP contribution in [0.15, 0.2) is 36.5 Å². The second-order valence-corrected chi connectivity index (χ2v) is 4.45. The van der Waals surface area contributed by atoms with Crippen LogP contribution in [0.25, 0.3) is 10.8 Å². The first-order valence-electron chi connectivity index (χ1n) is 5.71. The van der Waals surface area contributed by atoms with Gasteiger partial charge in [0.05, 0.1) is 0 Å². The van der Waals surface area contributed by atoms with Gasteiger partial charge in [0.2, 0.25) is 0 Å². The van der Waals surface area contributed by atoms with Crippen molar-refractivity contribution in [2.24, 2.45) is 5.92 Å². The highest BCUT2D eigenvalue weighted by atomic mass is 16.1. The Hall–Kier alpha value is -1.70. The van der Waals surface area contributed by atoms with Crippen molar-refractivity contribution in [3.63, 3.8) is 0 Å². The van der Waals surface area contributed by atoms with E-state index in [2.05, 4.69) is 4.98 Å². The van der Waals surface area contributed by atoms with Gasteiger partial charge in [-0.25, -0.2) is 0 Å². The maximum Gasteiger partial charge on any atom is 0.182 e. The molecule has 0 radical (unpaired) electrons. The van der Waals surface area contributed by atoms with Gasteiger partial charge in [-0.1, -0.05) is 24.3 Å². The molecule has 2 nitrogen and oxygen atoms in total. The Morgan fingerprint density at radius 1 is 1.25 bits per heavy atom. The first-order valence-corrected chi connectivity index (χ1v) is 5.71. The van der Waals surface area contributed by atoms with E-state index in [4.69, 9.17) is 0 Å². The largest absolute Gasteiger partial charge is 0.292 e. The second kappa shape index (κ2) is 3.71. The topological polar surface area (TPSA) is 30.0 Å². The maximum absolute atomic E-state index is 12.0. The van der Waals surface area contributed by atoms with E-state index < -0.39 is 0 Å². The lowest BCUT2D eigenvalue weighted by Crippen LogP contribution is -2.03. The summed E-state index contributed by atoms with van der Waals surface area (Å²) < 4.78 is 0. The van der Waals surface area contributed by atoms with Crippen molar-refractivity contribution >= 4 is 16.6 Å². The van der Waals surface area contributed by atoms with Crippen LogP contribution in [0, 0.1) is 5.92 Å². The number of Topliss-reactive ketones (excluding diaryl/α,β-unsaturated/α-hetero) is 1. The van der Waals surface area contributed by atoms with Gasteiger partial charge in [0.1, 0.15) is 5.69 Å². The summed E-state index contributed by atoms with van der Waals surface area (Å²) in [5.74, 6) is 0.813.